The third-order valence-electron chi connectivity index (χ3n) is 13.3. The van der Waals surface area contributed by atoms with Crippen LogP contribution in [0.3, 0.4) is 0 Å². The first-order chi connectivity index (χ1) is 35.6. The van der Waals surface area contributed by atoms with E-state index in [4.69, 9.17) is 29.9 Å². The van der Waals surface area contributed by atoms with Crippen LogP contribution in [-0.2, 0) is 0 Å². The molecule has 13 aromatic rings. The maximum Gasteiger partial charge on any atom is 0.0894 e. The van der Waals surface area contributed by atoms with E-state index in [2.05, 4.69) is 182 Å². The van der Waals surface area contributed by atoms with E-state index in [0.717, 1.165) is 134 Å². The van der Waals surface area contributed by atoms with E-state index in [1.807, 2.05) is 72.8 Å². The molecule has 0 saturated carbocycles. The van der Waals surface area contributed by atoms with Gasteiger partial charge in [-0.05, 0) is 124 Å². The molecule has 72 heavy (non-hydrogen) atoms. The number of nitrogens with zero attached hydrogens (tertiary/aromatic N) is 6. The summed E-state index contributed by atoms with van der Waals surface area (Å²) in [5.74, 6) is 0. The van der Waals surface area contributed by atoms with Crippen LogP contribution >= 0.6 is 0 Å². The van der Waals surface area contributed by atoms with Gasteiger partial charge in [0.1, 0.15) is 0 Å². The normalized spacial score (nSPS) is 11.3. The molecular weight excluding hydrogens is 877 g/mol. The van der Waals surface area contributed by atoms with Gasteiger partial charge in [0, 0.05) is 33.4 Å². The third kappa shape index (κ3) is 8.44. The summed E-state index contributed by atoms with van der Waals surface area (Å²) in [6, 6.07) is 88.4. The highest BCUT2D eigenvalue weighted by atomic mass is 14.8. The predicted octanol–water partition coefficient (Wildman–Crippen LogP) is 16.5. The molecule has 336 valence electrons. The first-order valence-corrected chi connectivity index (χ1v) is 24.1. The highest BCUT2D eigenvalue weighted by molar-refractivity contribution is 5.87. The average Bonchev–Trinajstić information content (AvgIpc) is 3.47. The molecule has 0 aliphatic rings. The van der Waals surface area contributed by atoms with E-state index in [-0.39, 0.29) is 0 Å². The molecule has 0 aliphatic carbocycles. The van der Waals surface area contributed by atoms with Crippen molar-refractivity contribution in [2.24, 2.45) is 0 Å². The summed E-state index contributed by atoms with van der Waals surface area (Å²) in [4.78, 5) is 29.8. The molecule has 6 heterocycles. The largest absolute Gasteiger partial charge is 0.246 e. The topological polar surface area (TPSA) is 77.3 Å². The fourth-order valence-electron chi connectivity index (χ4n) is 9.45. The molecule has 0 N–H and O–H groups in total. The maximum absolute atomic E-state index is 5.03. The first-order valence-electron chi connectivity index (χ1n) is 24.1. The lowest BCUT2D eigenvalue weighted by molar-refractivity contribution is 1.33. The number of rotatable bonds is 9. The van der Waals surface area contributed by atoms with E-state index in [1.165, 1.54) is 0 Å². The molecule has 0 aliphatic heterocycles. The Kier molecular flexibility index (Phi) is 10.7. The van der Waals surface area contributed by atoms with Crippen molar-refractivity contribution < 1.29 is 0 Å². The van der Waals surface area contributed by atoms with Gasteiger partial charge < -0.3 is 0 Å². The van der Waals surface area contributed by atoms with Crippen molar-refractivity contribution in [1.29, 1.82) is 0 Å². The summed E-state index contributed by atoms with van der Waals surface area (Å²) in [6.07, 6.45) is 0. The van der Waals surface area contributed by atoms with Crippen molar-refractivity contribution in [3.05, 3.63) is 255 Å². The Hall–Kier alpha value is -9.78. The molecule has 0 atom stereocenters. The number of benzene rings is 7. The molecule has 6 heteroatoms. The molecule has 0 unspecified atom stereocenters. The summed E-state index contributed by atoms with van der Waals surface area (Å²) in [5, 5.41) is 0. The van der Waals surface area contributed by atoms with Crippen LogP contribution in [-0.4, -0.2) is 29.9 Å². The fraction of sp³-hybridized carbons (Fsp3) is 0. The molecule has 0 bridgehead atoms. The second-order valence-electron chi connectivity index (χ2n) is 17.9. The van der Waals surface area contributed by atoms with Crippen LogP contribution < -0.4 is 0 Å². The second-order valence-corrected chi connectivity index (χ2v) is 17.9. The SMILES string of the molecule is c1ccc(-c2ccc3nc(-c4ccc(-c5cc(-c6ccc(-c7ccc8nc(-c9ccccc9)ccc8n7)cc6)cc(-c6ccc(-c7ccc8nc(-c9ccccc9)ccc8n7)cc6)c5)cc4)ccc3n2)cc1. The second kappa shape index (κ2) is 18.3. The summed E-state index contributed by atoms with van der Waals surface area (Å²) < 4.78 is 0. The molecule has 13 rings (SSSR count). The zero-order valence-electron chi connectivity index (χ0n) is 38.9. The van der Waals surface area contributed by atoms with Gasteiger partial charge in [-0.2, -0.15) is 0 Å². The number of hydrogen-bond donors (Lipinski definition) is 0. The van der Waals surface area contributed by atoms with Gasteiger partial charge in [0.15, 0.2) is 0 Å². The van der Waals surface area contributed by atoms with Gasteiger partial charge >= 0.3 is 0 Å². The molecule has 0 saturated heterocycles. The smallest absolute Gasteiger partial charge is 0.0894 e. The van der Waals surface area contributed by atoms with Crippen LogP contribution in [0.25, 0.3) is 134 Å². The van der Waals surface area contributed by atoms with Crippen molar-refractivity contribution in [3.63, 3.8) is 0 Å². The molecule has 6 aromatic heterocycles. The van der Waals surface area contributed by atoms with E-state index >= 15 is 0 Å². The first kappa shape index (κ1) is 42.3. The van der Waals surface area contributed by atoms with Gasteiger partial charge in [-0.15, -0.1) is 0 Å². The number of fused-ring (bicyclic) bond motifs is 3. The Morgan fingerprint density at radius 1 is 0.139 bits per heavy atom. The van der Waals surface area contributed by atoms with Crippen molar-refractivity contribution in [2.75, 3.05) is 0 Å². The Labute approximate surface area is 416 Å². The molecule has 7 aromatic carbocycles. The van der Waals surface area contributed by atoms with E-state index in [0.29, 0.717) is 0 Å². The lowest BCUT2D eigenvalue weighted by Gasteiger charge is -2.13. The van der Waals surface area contributed by atoms with Crippen LogP contribution in [0, 0.1) is 0 Å². The van der Waals surface area contributed by atoms with Crippen LogP contribution in [0.15, 0.2) is 255 Å². The predicted molar refractivity (Wildman–Crippen MR) is 295 cm³/mol. The highest BCUT2D eigenvalue weighted by Crippen LogP contribution is 2.36. The lowest BCUT2D eigenvalue weighted by atomic mass is 9.92. The number of pyridine rings is 6. The minimum absolute atomic E-state index is 0.863. The van der Waals surface area contributed by atoms with Crippen LogP contribution in [0.5, 0.6) is 0 Å². The van der Waals surface area contributed by atoms with E-state index in [1.54, 1.807) is 0 Å². The van der Waals surface area contributed by atoms with Gasteiger partial charge in [0.25, 0.3) is 0 Å². The molecule has 0 spiro atoms. The Balaban J connectivity index is 0.821. The molecule has 0 amide bonds. The summed E-state index contributed by atoms with van der Waals surface area (Å²) in [5.41, 5.74) is 23.8. The monoisotopic (exact) mass is 918 g/mol. The van der Waals surface area contributed by atoms with Crippen LogP contribution in [0.4, 0.5) is 0 Å². The van der Waals surface area contributed by atoms with Crippen molar-refractivity contribution in [3.8, 4) is 101 Å². The molecule has 0 fully saturated rings. The Morgan fingerprint density at radius 3 is 0.528 bits per heavy atom. The van der Waals surface area contributed by atoms with Gasteiger partial charge in [0.05, 0.1) is 67.3 Å². The average molecular weight is 919 g/mol. The van der Waals surface area contributed by atoms with Gasteiger partial charge in [0.2, 0.25) is 0 Å². The van der Waals surface area contributed by atoms with Crippen LogP contribution in [0.2, 0.25) is 0 Å². The zero-order chi connectivity index (χ0) is 47.8. The van der Waals surface area contributed by atoms with Crippen LogP contribution in [0.1, 0.15) is 0 Å². The van der Waals surface area contributed by atoms with Crippen molar-refractivity contribution in [2.45, 2.75) is 0 Å². The van der Waals surface area contributed by atoms with Gasteiger partial charge in [-0.1, -0.05) is 164 Å². The van der Waals surface area contributed by atoms with Gasteiger partial charge in [-0.25, -0.2) is 29.9 Å². The standard InChI is InChI=1S/C66H42N6/c1-4-10-46(11-5-1)55-28-34-64-61(67-55)37-31-58(70-64)49-22-16-43(17-23-49)52-40-53(44-18-24-50(25-19-44)59-32-38-62-65(71-59)35-29-56(68-62)47-12-6-2-7-13-47)42-54(41-52)45-20-26-51(27-21-45)60-33-39-63-66(72-60)36-30-57(69-63)48-14-8-3-9-15-48/h1-42H. The van der Waals surface area contributed by atoms with E-state index < -0.39 is 0 Å². The Morgan fingerprint density at radius 2 is 0.319 bits per heavy atom. The minimum atomic E-state index is 0.863. The number of aromatic nitrogens is 6. The Bertz CT molecular complexity index is 3660. The summed E-state index contributed by atoms with van der Waals surface area (Å²) in [6.45, 7) is 0. The fourth-order valence-corrected chi connectivity index (χ4v) is 9.45. The lowest BCUT2D eigenvalue weighted by Crippen LogP contribution is -1.91. The highest BCUT2D eigenvalue weighted by Gasteiger charge is 2.13. The summed E-state index contributed by atoms with van der Waals surface area (Å²) >= 11 is 0. The van der Waals surface area contributed by atoms with E-state index in [9.17, 15) is 0 Å². The van der Waals surface area contributed by atoms with Crippen molar-refractivity contribution >= 4 is 33.1 Å². The van der Waals surface area contributed by atoms with Gasteiger partial charge in [-0.3, -0.25) is 0 Å². The molecule has 6 nitrogen and oxygen atoms in total. The third-order valence-corrected chi connectivity index (χ3v) is 13.3. The maximum atomic E-state index is 5.03. The molecule has 0 radical (unpaired) electrons. The zero-order valence-corrected chi connectivity index (χ0v) is 38.9. The number of hydrogen-bond acceptors (Lipinski definition) is 6. The molecular formula is C66H42N6. The summed E-state index contributed by atoms with van der Waals surface area (Å²) in [7, 11) is 0. The minimum Gasteiger partial charge on any atom is -0.246 e. The quantitative estimate of drug-likeness (QED) is 0.144. The van der Waals surface area contributed by atoms with Crippen molar-refractivity contribution in [1.82, 2.24) is 29.9 Å².